The van der Waals surface area contributed by atoms with E-state index in [9.17, 15) is 16.8 Å². The summed E-state index contributed by atoms with van der Waals surface area (Å²) in [5.74, 6) is 0.659. The van der Waals surface area contributed by atoms with Gasteiger partial charge in [-0.25, -0.2) is 16.8 Å². The molecule has 0 unspecified atom stereocenters. The van der Waals surface area contributed by atoms with Crippen molar-refractivity contribution in [3.05, 3.63) is 48.0 Å². The van der Waals surface area contributed by atoms with Gasteiger partial charge in [0.2, 0.25) is 10.0 Å². The van der Waals surface area contributed by atoms with Crippen LogP contribution in [0.3, 0.4) is 0 Å². The molecule has 0 fully saturated rings. The first-order chi connectivity index (χ1) is 13.8. The molecule has 7 nitrogen and oxygen atoms in total. The lowest BCUT2D eigenvalue weighted by atomic mass is 10.0. The lowest BCUT2D eigenvalue weighted by Gasteiger charge is -2.31. The van der Waals surface area contributed by atoms with Crippen molar-refractivity contribution in [1.29, 1.82) is 0 Å². The summed E-state index contributed by atoms with van der Waals surface area (Å²) in [6, 6.07) is 11.2. The van der Waals surface area contributed by atoms with Crippen LogP contribution in [0.5, 0.6) is 5.75 Å². The van der Waals surface area contributed by atoms with Crippen molar-refractivity contribution in [2.75, 3.05) is 27.9 Å². The normalized spacial score (nSPS) is 14.3. The number of rotatable bonds is 8. The summed E-state index contributed by atoms with van der Waals surface area (Å²) >= 11 is 0. The molecule has 0 amide bonds. The fourth-order valence-corrected chi connectivity index (χ4v) is 6.02. The Morgan fingerprint density at radius 3 is 2.41 bits per heavy atom. The number of fused-ring (bicyclic) bond motifs is 1. The summed E-state index contributed by atoms with van der Waals surface area (Å²) in [4.78, 5) is 0.106. The first kappa shape index (κ1) is 21.4. The Bertz CT molecular complexity index is 1060. The van der Waals surface area contributed by atoms with Crippen LogP contribution in [-0.4, -0.2) is 35.7 Å². The van der Waals surface area contributed by atoms with Gasteiger partial charge in [0.25, 0.3) is 10.0 Å². The Labute approximate surface area is 172 Å². The van der Waals surface area contributed by atoms with Crippen LogP contribution in [0.4, 0.5) is 11.4 Å². The van der Waals surface area contributed by atoms with Crippen molar-refractivity contribution in [3.8, 4) is 5.75 Å². The molecule has 0 bridgehead atoms. The van der Waals surface area contributed by atoms with E-state index in [1.807, 2.05) is 13.8 Å². The number of hydrogen-bond acceptors (Lipinski definition) is 5. The summed E-state index contributed by atoms with van der Waals surface area (Å²) in [6.45, 7) is 4.58. The molecule has 0 saturated carbocycles. The predicted octanol–water partition coefficient (Wildman–Crippen LogP) is 3.38. The summed E-state index contributed by atoms with van der Waals surface area (Å²) in [7, 11) is -7.24. The van der Waals surface area contributed by atoms with Gasteiger partial charge in [0, 0.05) is 6.54 Å². The number of hydrogen-bond donors (Lipinski definition) is 1. The highest BCUT2D eigenvalue weighted by molar-refractivity contribution is 7.93. The third kappa shape index (κ3) is 4.84. The maximum atomic E-state index is 12.7. The SMILES string of the molecule is CCCS(=O)(=O)N1CCCc2ccc(NS(=O)(=O)c3ccc(OCC)cc3)cc21. The molecule has 158 valence electrons. The Balaban J connectivity index is 1.89. The molecular weight excluding hydrogens is 412 g/mol. The van der Waals surface area contributed by atoms with E-state index in [4.69, 9.17) is 4.74 Å². The van der Waals surface area contributed by atoms with Crippen LogP contribution in [0, 0.1) is 0 Å². The molecule has 0 saturated heterocycles. The monoisotopic (exact) mass is 438 g/mol. The Kier molecular flexibility index (Phi) is 6.38. The zero-order valence-corrected chi connectivity index (χ0v) is 18.2. The molecule has 0 radical (unpaired) electrons. The third-order valence-corrected chi connectivity index (χ3v) is 8.03. The van der Waals surface area contributed by atoms with Gasteiger partial charge >= 0.3 is 0 Å². The second-order valence-electron chi connectivity index (χ2n) is 6.85. The largest absolute Gasteiger partial charge is 0.494 e. The van der Waals surface area contributed by atoms with E-state index in [2.05, 4.69) is 4.72 Å². The summed E-state index contributed by atoms with van der Waals surface area (Å²) in [5.41, 5.74) is 1.78. The minimum Gasteiger partial charge on any atom is -0.494 e. The van der Waals surface area contributed by atoms with Crippen LogP contribution in [-0.2, 0) is 26.5 Å². The molecule has 1 heterocycles. The lowest BCUT2D eigenvalue weighted by molar-refractivity contribution is 0.340. The van der Waals surface area contributed by atoms with Gasteiger partial charge in [0.15, 0.2) is 0 Å². The topological polar surface area (TPSA) is 92.8 Å². The Morgan fingerprint density at radius 1 is 1.03 bits per heavy atom. The quantitative estimate of drug-likeness (QED) is 0.682. The second-order valence-corrected chi connectivity index (χ2v) is 10.5. The molecule has 1 aliphatic heterocycles. The standard InChI is InChI=1S/C20H26N2O5S2/c1-3-14-28(23,24)22-13-5-6-16-7-8-17(15-20(16)22)21-29(25,26)19-11-9-18(10-12-19)27-4-2/h7-12,15,21H,3-6,13-14H2,1-2H3. The highest BCUT2D eigenvalue weighted by atomic mass is 32.2. The molecule has 29 heavy (non-hydrogen) atoms. The van der Waals surface area contributed by atoms with Crippen LogP contribution >= 0.6 is 0 Å². The zero-order valence-electron chi connectivity index (χ0n) is 16.6. The van der Waals surface area contributed by atoms with Gasteiger partial charge in [0.05, 0.1) is 28.6 Å². The van der Waals surface area contributed by atoms with Gasteiger partial charge < -0.3 is 4.74 Å². The van der Waals surface area contributed by atoms with E-state index < -0.39 is 20.0 Å². The van der Waals surface area contributed by atoms with Crippen LogP contribution in [0.15, 0.2) is 47.4 Å². The first-order valence-corrected chi connectivity index (χ1v) is 12.7. The summed E-state index contributed by atoms with van der Waals surface area (Å²) in [6.07, 6.45) is 2.03. The highest BCUT2D eigenvalue weighted by Gasteiger charge is 2.27. The van der Waals surface area contributed by atoms with E-state index in [0.29, 0.717) is 36.7 Å². The molecule has 3 rings (SSSR count). The van der Waals surface area contributed by atoms with Crippen molar-refractivity contribution < 1.29 is 21.6 Å². The maximum Gasteiger partial charge on any atom is 0.261 e. The zero-order chi connectivity index (χ0) is 21.1. The molecule has 0 aromatic heterocycles. The number of nitrogens with one attached hydrogen (secondary N) is 1. The minimum absolute atomic E-state index is 0.0641. The van der Waals surface area contributed by atoms with E-state index in [0.717, 1.165) is 18.4 Å². The van der Waals surface area contributed by atoms with E-state index in [1.165, 1.54) is 16.4 Å². The molecule has 9 heteroatoms. The average Bonchev–Trinajstić information content (AvgIpc) is 2.68. The predicted molar refractivity (Wildman–Crippen MR) is 115 cm³/mol. The number of nitrogens with zero attached hydrogens (tertiary/aromatic N) is 1. The van der Waals surface area contributed by atoms with Crippen molar-refractivity contribution in [3.63, 3.8) is 0 Å². The molecule has 2 aromatic rings. The summed E-state index contributed by atoms with van der Waals surface area (Å²) in [5, 5.41) is 0. The molecule has 2 aromatic carbocycles. The molecule has 0 atom stereocenters. The second kappa shape index (κ2) is 8.62. The van der Waals surface area contributed by atoms with Gasteiger partial charge in [-0.1, -0.05) is 13.0 Å². The molecule has 1 N–H and O–H groups in total. The van der Waals surface area contributed by atoms with Gasteiger partial charge in [-0.2, -0.15) is 0 Å². The van der Waals surface area contributed by atoms with Gasteiger partial charge in [0.1, 0.15) is 5.75 Å². The van der Waals surface area contributed by atoms with Crippen LogP contribution < -0.4 is 13.8 Å². The third-order valence-electron chi connectivity index (χ3n) is 4.66. The summed E-state index contributed by atoms with van der Waals surface area (Å²) < 4.78 is 60.0. The fourth-order valence-electron chi connectivity index (χ4n) is 3.36. The van der Waals surface area contributed by atoms with Gasteiger partial charge in [-0.15, -0.1) is 0 Å². The van der Waals surface area contributed by atoms with Crippen LogP contribution in [0.1, 0.15) is 32.3 Å². The highest BCUT2D eigenvalue weighted by Crippen LogP contribution is 2.33. The van der Waals surface area contributed by atoms with Gasteiger partial charge in [-0.3, -0.25) is 9.03 Å². The lowest BCUT2D eigenvalue weighted by Crippen LogP contribution is -2.37. The first-order valence-electron chi connectivity index (χ1n) is 9.66. The number of sulfonamides is 2. The number of ether oxygens (including phenoxy) is 1. The maximum absolute atomic E-state index is 12.7. The smallest absolute Gasteiger partial charge is 0.261 e. The van der Waals surface area contributed by atoms with E-state index >= 15 is 0 Å². The molecule has 0 aliphatic carbocycles. The van der Waals surface area contributed by atoms with Crippen LogP contribution in [0.25, 0.3) is 0 Å². The molecular formula is C20H26N2O5S2. The van der Waals surface area contributed by atoms with E-state index in [1.54, 1.807) is 30.3 Å². The number of benzene rings is 2. The van der Waals surface area contributed by atoms with Crippen molar-refractivity contribution >= 4 is 31.4 Å². The van der Waals surface area contributed by atoms with Crippen LogP contribution in [0.2, 0.25) is 0 Å². The number of aryl methyl sites for hydroxylation is 1. The average molecular weight is 439 g/mol. The Hall–Kier alpha value is -2.26. The Morgan fingerprint density at radius 2 is 1.76 bits per heavy atom. The van der Waals surface area contributed by atoms with Gasteiger partial charge in [-0.05, 0) is 68.1 Å². The van der Waals surface area contributed by atoms with Crippen molar-refractivity contribution in [1.82, 2.24) is 0 Å². The molecule has 1 aliphatic rings. The fraction of sp³-hybridized carbons (Fsp3) is 0.400. The van der Waals surface area contributed by atoms with E-state index in [-0.39, 0.29) is 10.6 Å². The minimum atomic E-state index is -3.81. The molecule has 0 spiro atoms. The number of anilines is 2. The van der Waals surface area contributed by atoms with Crippen molar-refractivity contribution in [2.45, 2.75) is 38.0 Å². The van der Waals surface area contributed by atoms with Crippen molar-refractivity contribution in [2.24, 2.45) is 0 Å².